The first-order chi connectivity index (χ1) is 9.65. The van der Waals surface area contributed by atoms with Crippen molar-refractivity contribution < 1.29 is 9.59 Å². The molecule has 4 nitrogen and oxygen atoms in total. The molecule has 1 aromatic rings. The van der Waals surface area contributed by atoms with E-state index in [0.717, 1.165) is 24.8 Å². The minimum Gasteiger partial charge on any atom is -0.325 e. The second-order valence-corrected chi connectivity index (χ2v) is 5.52. The summed E-state index contributed by atoms with van der Waals surface area (Å²) in [7, 11) is 1.74. The van der Waals surface area contributed by atoms with Crippen LogP contribution in [0.2, 0.25) is 0 Å². The average molecular weight is 273 g/mol. The van der Waals surface area contributed by atoms with E-state index < -0.39 is 5.54 Å². The fourth-order valence-electron chi connectivity index (χ4n) is 2.64. The van der Waals surface area contributed by atoms with Crippen molar-refractivity contribution in [3.05, 3.63) is 35.9 Å². The van der Waals surface area contributed by atoms with E-state index in [-0.39, 0.29) is 6.03 Å². The molecular weight excluding hydrogens is 252 g/mol. The van der Waals surface area contributed by atoms with Crippen LogP contribution >= 0.6 is 0 Å². The van der Waals surface area contributed by atoms with Crippen LogP contribution in [0.25, 0.3) is 0 Å². The molecule has 0 spiro atoms. The number of hydrogen-bond acceptors (Lipinski definition) is 2. The number of urea groups is 1. The monoisotopic (exact) mass is 273 g/mol. The lowest BCUT2D eigenvalue weighted by atomic mass is 9.83. The number of hydrogen-bond donors (Lipinski definition) is 1. The number of amides is 2. The molecule has 1 aliphatic rings. The van der Waals surface area contributed by atoms with Gasteiger partial charge in [-0.05, 0) is 18.4 Å². The first-order valence-electron chi connectivity index (χ1n) is 7.12. The second kappa shape index (κ2) is 6.55. The van der Waals surface area contributed by atoms with Crippen LogP contribution in [0.1, 0.15) is 37.7 Å². The fourth-order valence-corrected chi connectivity index (χ4v) is 2.64. The van der Waals surface area contributed by atoms with Crippen LogP contribution < -0.4 is 5.32 Å². The van der Waals surface area contributed by atoms with Crippen molar-refractivity contribution in [2.45, 2.75) is 44.2 Å². The Kier molecular flexibility index (Phi) is 4.77. The Balaban J connectivity index is 1.94. The van der Waals surface area contributed by atoms with Crippen LogP contribution in [-0.2, 0) is 11.3 Å². The van der Waals surface area contributed by atoms with E-state index in [9.17, 15) is 9.59 Å². The molecule has 1 N–H and O–H groups in total. The van der Waals surface area contributed by atoms with Crippen molar-refractivity contribution in [2.75, 3.05) is 7.05 Å². The zero-order chi connectivity index (χ0) is 14.4. The van der Waals surface area contributed by atoms with Crippen molar-refractivity contribution in [3.63, 3.8) is 0 Å². The summed E-state index contributed by atoms with van der Waals surface area (Å²) in [5.74, 6) is 0. The predicted octanol–water partition coefficient (Wildman–Crippen LogP) is 2.64. The van der Waals surface area contributed by atoms with Crippen LogP contribution in [0, 0.1) is 0 Å². The molecule has 0 aliphatic heterocycles. The third-order valence-corrected chi connectivity index (χ3v) is 3.86. The lowest BCUT2D eigenvalue weighted by Crippen LogP contribution is -2.54. The summed E-state index contributed by atoms with van der Waals surface area (Å²) in [6.07, 6.45) is 6.51. The Morgan fingerprint density at radius 1 is 1.25 bits per heavy atom. The number of rotatable bonds is 4. The molecule has 2 rings (SSSR count). The zero-order valence-corrected chi connectivity index (χ0v) is 11.9. The van der Waals surface area contributed by atoms with E-state index in [2.05, 4.69) is 11.6 Å². The van der Waals surface area contributed by atoms with Gasteiger partial charge in [0.1, 0.15) is 5.54 Å². The molecule has 1 aromatic carbocycles. The fraction of sp³-hybridized carbons (Fsp3) is 0.500. The smallest absolute Gasteiger partial charge is 0.318 e. The quantitative estimate of drug-likeness (QED) is 0.916. The topological polar surface area (TPSA) is 49.4 Å². The van der Waals surface area contributed by atoms with Gasteiger partial charge in [-0.3, -0.25) is 4.79 Å². The van der Waals surface area contributed by atoms with Crippen molar-refractivity contribution in [1.82, 2.24) is 10.2 Å². The molecule has 1 aliphatic carbocycles. The first kappa shape index (κ1) is 14.6. The minimum absolute atomic E-state index is 0.209. The van der Waals surface area contributed by atoms with Gasteiger partial charge in [0.15, 0.2) is 0 Å². The molecule has 0 saturated heterocycles. The van der Waals surface area contributed by atoms with E-state index >= 15 is 0 Å². The van der Waals surface area contributed by atoms with E-state index in [0.29, 0.717) is 19.4 Å². The zero-order valence-electron chi connectivity index (χ0n) is 11.9. The molecule has 20 heavy (non-hydrogen) atoms. The highest BCUT2D eigenvalue weighted by Crippen LogP contribution is 2.26. The van der Waals surface area contributed by atoms with Crippen LogP contribution in [-0.4, -0.2) is 29.8 Å². The van der Waals surface area contributed by atoms with Gasteiger partial charge in [-0.25, -0.2) is 4.79 Å². The molecule has 1 radical (unpaired) electrons. The summed E-state index contributed by atoms with van der Waals surface area (Å²) >= 11 is 0. The molecule has 0 heterocycles. The number of nitrogens with one attached hydrogen (secondary N) is 1. The molecule has 4 heteroatoms. The molecule has 0 atom stereocenters. The van der Waals surface area contributed by atoms with Crippen molar-refractivity contribution in [1.29, 1.82) is 0 Å². The van der Waals surface area contributed by atoms with Gasteiger partial charge in [0.05, 0.1) is 0 Å². The highest BCUT2D eigenvalue weighted by Gasteiger charge is 2.35. The molecule has 1 fully saturated rings. The van der Waals surface area contributed by atoms with Gasteiger partial charge >= 0.3 is 6.03 Å². The molecular formula is C16H21N2O2. The standard InChI is InChI=1S/C16H21N2O2/c1-18(12-14-8-4-2-5-9-14)15(20)17-16(13-19)10-6-3-7-11-16/h2,4-5,8-9H,3,6-7,10-12H2,1H3,(H,17,20). The van der Waals surface area contributed by atoms with E-state index in [4.69, 9.17) is 0 Å². The summed E-state index contributed by atoms with van der Waals surface area (Å²) < 4.78 is 0. The van der Waals surface area contributed by atoms with Gasteiger partial charge in [0.2, 0.25) is 6.29 Å². The molecule has 107 valence electrons. The molecule has 0 aromatic heterocycles. The van der Waals surface area contributed by atoms with Crippen molar-refractivity contribution in [2.24, 2.45) is 0 Å². The first-order valence-corrected chi connectivity index (χ1v) is 7.12. The predicted molar refractivity (Wildman–Crippen MR) is 78.0 cm³/mol. The Morgan fingerprint density at radius 2 is 1.90 bits per heavy atom. The van der Waals surface area contributed by atoms with Crippen LogP contribution in [0.4, 0.5) is 4.79 Å². The Labute approximate surface area is 120 Å². The van der Waals surface area contributed by atoms with Gasteiger partial charge < -0.3 is 10.2 Å². The van der Waals surface area contributed by atoms with Gasteiger partial charge in [0, 0.05) is 13.6 Å². The normalized spacial score (nSPS) is 17.2. The maximum atomic E-state index is 12.2. The van der Waals surface area contributed by atoms with E-state index in [1.54, 1.807) is 11.9 Å². The summed E-state index contributed by atoms with van der Waals surface area (Å²) in [5.41, 5.74) is 0.290. The van der Waals surface area contributed by atoms with Gasteiger partial charge in [-0.2, -0.15) is 0 Å². The summed E-state index contributed by atoms with van der Waals surface area (Å²) in [5, 5.41) is 2.87. The highest BCUT2D eigenvalue weighted by molar-refractivity contribution is 5.80. The minimum atomic E-state index is -0.777. The third kappa shape index (κ3) is 3.59. The maximum absolute atomic E-state index is 12.2. The number of carbonyl (C=O) groups excluding carboxylic acids is 2. The largest absolute Gasteiger partial charge is 0.325 e. The van der Waals surface area contributed by atoms with Gasteiger partial charge in [-0.15, -0.1) is 0 Å². The number of nitrogens with zero attached hydrogens (tertiary/aromatic N) is 1. The Morgan fingerprint density at radius 3 is 2.50 bits per heavy atom. The average Bonchev–Trinajstić information content (AvgIpc) is 2.49. The third-order valence-electron chi connectivity index (χ3n) is 3.86. The summed E-state index contributed by atoms with van der Waals surface area (Å²) in [6.45, 7) is 0.529. The molecule has 2 amide bonds. The molecule has 0 unspecified atom stereocenters. The lowest BCUT2D eigenvalue weighted by Gasteiger charge is -2.33. The SMILES string of the molecule is CN(Cc1ccccc1)C(=O)NC1([C]=O)CCCCC1. The van der Waals surface area contributed by atoms with Crippen LogP contribution in [0.5, 0.6) is 0 Å². The number of benzene rings is 1. The lowest BCUT2D eigenvalue weighted by molar-refractivity contribution is 0.190. The second-order valence-electron chi connectivity index (χ2n) is 5.52. The van der Waals surface area contributed by atoms with Crippen molar-refractivity contribution >= 4 is 12.3 Å². The number of carbonyl (C=O) groups is 1. The van der Waals surface area contributed by atoms with Gasteiger partial charge in [-0.1, -0.05) is 49.6 Å². The van der Waals surface area contributed by atoms with Crippen LogP contribution in [0.15, 0.2) is 30.3 Å². The van der Waals surface area contributed by atoms with E-state index in [1.807, 2.05) is 30.3 Å². The molecule has 1 saturated carbocycles. The summed E-state index contributed by atoms with van der Waals surface area (Å²) in [4.78, 5) is 25.1. The summed E-state index contributed by atoms with van der Waals surface area (Å²) in [6, 6.07) is 9.59. The Bertz CT molecular complexity index is 453. The Hall–Kier alpha value is -1.84. The maximum Gasteiger partial charge on any atom is 0.318 e. The van der Waals surface area contributed by atoms with E-state index in [1.165, 1.54) is 0 Å². The van der Waals surface area contributed by atoms with Crippen molar-refractivity contribution in [3.8, 4) is 0 Å². The highest BCUT2D eigenvalue weighted by atomic mass is 16.2. The van der Waals surface area contributed by atoms with Gasteiger partial charge in [0.25, 0.3) is 0 Å². The molecule has 0 bridgehead atoms. The van der Waals surface area contributed by atoms with Crippen LogP contribution in [0.3, 0.4) is 0 Å².